The van der Waals surface area contributed by atoms with Crippen molar-refractivity contribution < 1.29 is 5.73 Å². The van der Waals surface area contributed by atoms with Crippen LogP contribution in [0.25, 0.3) is 0 Å². The second kappa shape index (κ2) is 3.54. The molecule has 0 spiro atoms. The minimum absolute atomic E-state index is 1.09. The molecule has 60 valence electrons. The van der Waals surface area contributed by atoms with E-state index in [0.717, 1.165) is 12.8 Å². The Labute approximate surface area is 68.2 Å². The molecule has 0 bridgehead atoms. The largest absolute Gasteiger partial charge is 0.325 e. The molecule has 1 rings (SSSR count). The summed E-state index contributed by atoms with van der Waals surface area (Å²) in [5.74, 6) is 0. The molecular formula is C10H16N+. The van der Waals surface area contributed by atoms with Gasteiger partial charge in [0.1, 0.15) is 5.69 Å². The summed E-state index contributed by atoms with van der Waals surface area (Å²) in [4.78, 5) is 0. The summed E-state index contributed by atoms with van der Waals surface area (Å²) in [7, 11) is 0. The van der Waals surface area contributed by atoms with E-state index in [-0.39, 0.29) is 0 Å². The predicted octanol–water partition coefficient (Wildman–Crippen LogP) is 1.68. The Morgan fingerprint density at radius 2 is 1.55 bits per heavy atom. The van der Waals surface area contributed by atoms with Gasteiger partial charge in [0.05, 0.1) is 0 Å². The van der Waals surface area contributed by atoms with Gasteiger partial charge in [-0.15, -0.1) is 0 Å². The van der Waals surface area contributed by atoms with Crippen LogP contribution in [0.1, 0.15) is 25.0 Å². The molecule has 1 heteroatoms. The summed E-state index contributed by atoms with van der Waals surface area (Å²) >= 11 is 0. The smallest absolute Gasteiger partial charge is 0.134 e. The fraction of sp³-hybridized carbons (Fsp3) is 0.400. The molecule has 0 amide bonds. The topological polar surface area (TPSA) is 27.6 Å². The highest BCUT2D eigenvalue weighted by atomic mass is 14.6. The van der Waals surface area contributed by atoms with Crippen LogP contribution >= 0.6 is 0 Å². The van der Waals surface area contributed by atoms with Crippen LogP contribution in [0.4, 0.5) is 5.69 Å². The first-order valence-corrected chi connectivity index (χ1v) is 4.22. The third kappa shape index (κ3) is 1.60. The highest BCUT2D eigenvalue weighted by molar-refractivity contribution is 5.46. The van der Waals surface area contributed by atoms with E-state index < -0.39 is 0 Å². The van der Waals surface area contributed by atoms with Crippen LogP contribution in [0.2, 0.25) is 0 Å². The van der Waals surface area contributed by atoms with Crippen molar-refractivity contribution in [1.82, 2.24) is 0 Å². The highest BCUT2D eigenvalue weighted by Gasteiger charge is 2.03. The zero-order chi connectivity index (χ0) is 8.27. The van der Waals surface area contributed by atoms with Crippen molar-refractivity contribution >= 4 is 5.69 Å². The van der Waals surface area contributed by atoms with Crippen LogP contribution in [0.3, 0.4) is 0 Å². The molecule has 0 aliphatic heterocycles. The first-order valence-electron chi connectivity index (χ1n) is 4.22. The van der Waals surface area contributed by atoms with Crippen LogP contribution < -0.4 is 5.73 Å². The normalized spacial score (nSPS) is 10.1. The van der Waals surface area contributed by atoms with Crippen molar-refractivity contribution in [3.05, 3.63) is 29.3 Å². The fourth-order valence-corrected chi connectivity index (χ4v) is 1.35. The molecule has 0 aromatic heterocycles. The summed E-state index contributed by atoms with van der Waals surface area (Å²) in [6.07, 6.45) is 2.18. The molecule has 0 aliphatic carbocycles. The minimum atomic E-state index is 1.09. The Kier molecular flexibility index (Phi) is 2.66. The van der Waals surface area contributed by atoms with Gasteiger partial charge in [-0.05, 0) is 12.8 Å². The second-order valence-corrected chi connectivity index (χ2v) is 2.76. The van der Waals surface area contributed by atoms with Crippen molar-refractivity contribution in [2.45, 2.75) is 26.7 Å². The third-order valence-corrected chi connectivity index (χ3v) is 2.13. The first kappa shape index (κ1) is 8.28. The molecule has 0 radical (unpaired) electrons. The average Bonchev–Trinajstić information content (AvgIpc) is 2.05. The highest BCUT2D eigenvalue weighted by Crippen LogP contribution is 2.16. The standard InChI is InChI=1S/C10H15N/c1-3-8-6-5-7-9(4-2)10(8)11/h5-7H,3-4,11H2,1-2H3/p+1. The molecule has 1 aromatic rings. The Bertz CT molecular complexity index is 218. The van der Waals surface area contributed by atoms with Crippen LogP contribution in [0, 0.1) is 0 Å². The lowest BCUT2D eigenvalue weighted by molar-refractivity contribution is -0.256. The molecule has 11 heavy (non-hydrogen) atoms. The van der Waals surface area contributed by atoms with E-state index in [4.69, 9.17) is 0 Å². The van der Waals surface area contributed by atoms with E-state index in [1.165, 1.54) is 16.8 Å². The van der Waals surface area contributed by atoms with Crippen LogP contribution in [0.15, 0.2) is 18.2 Å². The third-order valence-electron chi connectivity index (χ3n) is 2.13. The number of aryl methyl sites for hydroxylation is 2. The van der Waals surface area contributed by atoms with Crippen LogP contribution in [-0.4, -0.2) is 0 Å². The second-order valence-electron chi connectivity index (χ2n) is 2.76. The van der Waals surface area contributed by atoms with Crippen molar-refractivity contribution in [3.8, 4) is 0 Å². The summed E-state index contributed by atoms with van der Waals surface area (Å²) in [5.41, 5.74) is 8.05. The van der Waals surface area contributed by atoms with Crippen molar-refractivity contribution in [3.63, 3.8) is 0 Å². The summed E-state index contributed by atoms with van der Waals surface area (Å²) in [6, 6.07) is 6.43. The number of hydrogen-bond acceptors (Lipinski definition) is 0. The van der Waals surface area contributed by atoms with Gasteiger partial charge in [-0.1, -0.05) is 32.0 Å². The Morgan fingerprint density at radius 1 is 1.09 bits per heavy atom. The Morgan fingerprint density at radius 3 is 1.91 bits per heavy atom. The zero-order valence-electron chi connectivity index (χ0n) is 7.35. The maximum Gasteiger partial charge on any atom is 0.134 e. The van der Waals surface area contributed by atoms with E-state index in [0.29, 0.717) is 0 Å². The Hall–Kier alpha value is -0.820. The molecule has 0 aliphatic rings. The monoisotopic (exact) mass is 150 g/mol. The maximum absolute atomic E-state index is 4.06. The number of quaternary nitrogens is 1. The maximum atomic E-state index is 4.06. The molecule has 0 atom stereocenters. The molecule has 0 heterocycles. The lowest BCUT2D eigenvalue weighted by Gasteiger charge is -2.02. The van der Waals surface area contributed by atoms with E-state index in [1.54, 1.807) is 0 Å². The molecule has 0 saturated carbocycles. The minimum Gasteiger partial charge on any atom is -0.325 e. The fourth-order valence-electron chi connectivity index (χ4n) is 1.35. The van der Waals surface area contributed by atoms with Gasteiger partial charge in [0.25, 0.3) is 0 Å². The van der Waals surface area contributed by atoms with Crippen LogP contribution in [-0.2, 0) is 12.8 Å². The van der Waals surface area contributed by atoms with Crippen molar-refractivity contribution in [2.24, 2.45) is 0 Å². The average molecular weight is 150 g/mol. The molecule has 1 nitrogen and oxygen atoms in total. The lowest BCUT2D eigenvalue weighted by atomic mass is 10.0. The predicted molar refractivity (Wildman–Crippen MR) is 47.7 cm³/mol. The van der Waals surface area contributed by atoms with Crippen molar-refractivity contribution in [2.75, 3.05) is 0 Å². The van der Waals surface area contributed by atoms with E-state index in [1.807, 2.05) is 0 Å². The van der Waals surface area contributed by atoms with Crippen molar-refractivity contribution in [1.29, 1.82) is 0 Å². The molecular weight excluding hydrogens is 134 g/mol. The number of benzene rings is 1. The number of rotatable bonds is 2. The van der Waals surface area contributed by atoms with Gasteiger partial charge in [0, 0.05) is 11.1 Å². The number of hydrogen-bond donors (Lipinski definition) is 1. The summed E-state index contributed by atoms with van der Waals surface area (Å²) in [6.45, 7) is 4.34. The van der Waals surface area contributed by atoms with Gasteiger partial charge in [-0.25, -0.2) is 0 Å². The van der Waals surface area contributed by atoms with Gasteiger partial charge in [-0.2, -0.15) is 0 Å². The quantitative estimate of drug-likeness (QED) is 0.664. The van der Waals surface area contributed by atoms with Gasteiger partial charge in [0.15, 0.2) is 0 Å². The molecule has 0 fully saturated rings. The van der Waals surface area contributed by atoms with E-state index in [2.05, 4.69) is 37.8 Å². The lowest BCUT2D eigenvalue weighted by Crippen LogP contribution is -2.42. The molecule has 0 unspecified atom stereocenters. The molecule has 0 saturated heterocycles. The van der Waals surface area contributed by atoms with Crippen LogP contribution in [0.5, 0.6) is 0 Å². The van der Waals surface area contributed by atoms with Gasteiger partial charge < -0.3 is 5.73 Å². The molecule has 1 aromatic carbocycles. The van der Waals surface area contributed by atoms with Gasteiger partial charge >= 0.3 is 0 Å². The van der Waals surface area contributed by atoms with Gasteiger partial charge in [0.2, 0.25) is 0 Å². The zero-order valence-corrected chi connectivity index (χ0v) is 7.35. The Balaban J connectivity index is 3.10. The summed E-state index contributed by atoms with van der Waals surface area (Å²) in [5, 5.41) is 0. The summed E-state index contributed by atoms with van der Waals surface area (Å²) < 4.78 is 0. The van der Waals surface area contributed by atoms with E-state index >= 15 is 0 Å². The molecule has 3 N–H and O–H groups in total. The van der Waals surface area contributed by atoms with Gasteiger partial charge in [-0.3, -0.25) is 0 Å². The first-order chi connectivity index (χ1) is 5.29. The SMILES string of the molecule is CCc1cccc(CC)c1[NH3+]. The van der Waals surface area contributed by atoms with E-state index in [9.17, 15) is 0 Å².